The van der Waals surface area contributed by atoms with Crippen molar-refractivity contribution in [3.05, 3.63) is 17.5 Å². The Balaban J connectivity index is 1.71. The first kappa shape index (κ1) is 13.7. The predicted molar refractivity (Wildman–Crippen MR) is 76.2 cm³/mol. The molecule has 5 nitrogen and oxygen atoms in total. The van der Waals surface area contributed by atoms with E-state index in [2.05, 4.69) is 14.5 Å². The van der Waals surface area contributed by atoms with Crippen LogP contribution in [0.3, 0.4) is 0 Å². The highest BCUT2D eigenvalue weighted by molar-refractivity contribution is 7.03. The van der Waals surface area contributed by atoms with Crippen molar-refractivity contribution < 1.29 is 9.63 Å². The summed E-state index contributed by atoms with van der Waals surface area (Å²) in [6.45, 7) is 0. The molecule has 1 atom stereocenters. The van der Waals surface area contributed by atoms with Crippen molar-refractivity contribution >= 4 is 11.5 Å². The Morgan fingerprint density at radius 3 is 2.65 bits per heavy atom. The molecule has 0 spiro atoms. The zero-order chi connectivity index (χ0) is 13.8. The molecular formula is C14H19N3O2S. The van der Waals surface area contributed by atoms with Gasteiger partial charge < -0.3 is 9.63 Å². The third-order valence-corrected chi connectivity index (χ3v) is 4.57. The summed E-state index contributed by atoms with van der Waals surface area (Å²) in [6, 6.07) is 0. The summed E-state index contributed by atoms with van der Waals surface area (Å²) in [5.41, 5.74) is 0.842. The zero-order valence-corrected chi connectivity index (χ0v) is 12.2. The first-order valence-corrected chi connectivity index (χ1v) is 8.09. The van der Waals surface area contributed by atoms with Crippen molar-refractivity contribution in [2.75, 3.05) is 0 Å². The molecule has 1 N–H and O–H groups in total. The van der Waals surface area contributed by atoms with Gasteiger partial charge in [-0.3, -0.25) is 0 Å². The normalized spacial score (nSPS) is 19.4. The fourth-order valence-corrected chi connectivity index (χ4v) is 3.31. The summed E-state index contributed by atoms with van der Waals surface area (Å²) in [5, 5.41) is 16.3. The van der Waals surface area contributed by atoms with E-state index < -0.39 is 6.10 Å². The van der Waals surface area contributed by atoms with Gasteiger partial charge in [0.25, 0.3) is 5.89 Å². The van der Waals surface area contributed by atoms with Crippen LogP contribution in [0.25, 0.3) is 11.4 Å². The Morgan fingerprint density at radius 2 is 1.95 bits per heavy atom. The maximum Gasteiger partial charge on any atom is 0.256 e. The molecule has 1 unspecified atom stereocenters. The molecule has 0 aromatic carbocycles. The monoisotopic (exact) mass is 293 g/mol. The van der Waals surface area contributed by atoms with Crippen molar-refractivity contribution in [2.45, 2.75) is 51.0 Å². The van der Waals surface area contributed by atoms with Crippen LogP contribution in [-0.4, -0.2) is 19.6 Å². The molecule has 3 rings (SSSR count). The van der Waals surface area contributed by atoms with Crippen LogP contribution in [0.2, 0.25) is 0 Å². The van der Waals surface area contributed by atoms with Crippen LogP contribution < -0.4 is 0 Å². The van der Waals surface area contributed by atoms with Gasteiger partial charge in [-0.1, -0.05) is 37.3 Å². The fourth-order valence-electron chi connectivity index (χ4n) is 2.79. The third-order valence-electron chi connectivity index (χ3n) is 3.98. The molecule has 20 heavy (non-hydrogen) atoms. The Kier molecular flexibility index (Phi) is 4.42. The minimum atomic E-state index is -0.638. The lowest BCUT2D eigenvalue weighted by atomic mass is 9.87. The predicted octanol–water partition coefficient (Wildman–Crippen LogP) is 3.59. The zero-order valence-electron chi connectivity index (χ0n) is 11.4. The Bertz CT molecular complexity index is 518. The lowest BCUT2D eigenvalue weighted by Crippen LogP contribution is -2.14. The minimum absolute atomic E-state index is 0.240. The molecule has 0 saturated heterocycles. The lowest BCUT2D eigenvalue weighted by molar-refractivity contribution is 0.0605. The second-order valence-corrected chi connectivity index (χ2v) is 6.08. The highest BCUT2D eigenvalue weighted by atomic mass is 32.1. The van der Waals surface area contributed by atoms with Gasteiger partial charge in [0.1, 0.15) is 6.10 Å². The van der Waals surface area contributed by atoms with Crippen LogP contribution >= 0.6 is 11.5 Å². The minimum Gasteiger partial charge on any atom is -0.383 e. The number of nitrogens with zero attached hydrogens (tertiary/aromatic N) is 3. The summed E-state index contributed by atoms with van der Waals surface area (Å²) in [6.07, 6.45) is 9.35. The van der Waals surface area contributed by atoms with E-state index in [9.17, 15) is 5.11 Å². The van der Waals surface area contributed by atoms with Gasteiger partial charge >= 0.3 is 0 Å². The second-order valence-electron chi connectivity index (χ2n) is 5.42. The molecule has 0 bridgehead atoms. The summed E-state index contributed by atoms with van der Waals surface area (Å²) >= 11 is 1.35. The van der Waals surface area contributed by atoms with Gasteiger partial charge in [-0.05, 0) is 30.3 Å². The van der Waals surface area contributed by atoms with Crippen LogP contribution in [0.1, 0.15) is 56.9 Å². The third kappa shape index (κ3) is 3.07. The molecule has 6 heteroatoms. The van der Waals surface area contributed by atoms with E-state index in [1.165, 1.54) is 43.6 Å². The van der Waals surface area contributed by atoms with Crippen LogP contribution in [-0.2, 0) is 0 Å². The number of aromatic nitrogens is 3. The molecular weight excluding hydrogens is 274 g/mol. The fraction of sp³-hybridized carbons (Fsp3) is 0.643. The maximum absolute atomic E-state index is 10.5. The van der Waals surface area contributed by atoms with Crippen molar-refractivity contribution in [3.63, 3.8) is 0 Å². The number of aliphatic hydroxyl groups is 1. The number of hydrogen-bond acceptors (Lipinski definition) is 6. The highest BCUT2D eigenvalue weighted by Gasteiger charge is 2.26. The Labute approximate surface area is 122 Å². The topological polar surface area (TPSA) is 72.0 Å². The van der Waals surface area contributed by atoms with Crippen LogP contribution in [0.15, 0.2) is 16.1 Å². The van der Waals surface area contributed by atoms with Gasteiger partial charge in [-0.25, -0.2) is 4.37 Å². The number of aliphatic hydroxyl groups excluding tert-OH is 1. The number of rotatable bonds is 3. The van der Waals surface area contributed by atoms with Gasteiger partial charge in [0.15, 0.2) is 0 Å². The van der Waals surface area contributed by atoms with E-state index in [4.69, 9.17) is 4.52 Å². The highest BCUT2D eigenvalue weighted by Crippen LogP contribution is 2.32. The summed E-state index contributed by atoms with van der Waals surface area (Å²) in [5.74, 6) is 1.10. The Morgan fingerprint density at radius 1 is 1.20 bits per heavy atom. The van der Waals surface area contributed by atoms with Crippen molar-refractivity contribution in [1.29, 1.82) is 0 Å². The average Bonchev–Trinajstić information content (AvgIpc) is 3.09. The maximum atomic E-state index is 10.5. The summed E-state index contributed by atoms with van der Waals surface area (Å²) in [7, 11) is 0. The molecule has 0 aliphatic heterocycles. The SMILES string of the molecule is OC(c1nc(-c2cnsc2)no1)C1CCCCCCC1. The second kappa shape index (κ2) is 6.45. The largest absolute Gasteiger partial charge is 0.383 e. The number of hydrogen-bond donors (Lipinski definition) is 1. The van der Waals surface area contributed by atoms with Gasteiger partial charge in [0.2, 0.25) is 5.82 Å². The molecule has 108 valence electrons. The van der Waals surface area contributed by atoms with Crippen LogP contribution in [0, 0.1) is 5.92 Å². The smallest absolute Gasteiger partial charge is 0.256 e. The molecule has 2 aromatic heterocycles. The van der Waals surface area contributed by atoms with Crippen LogP contribution in [0.4, 0.5) is 0 Å². The Hall–Kier alpha value is -1.27. The van der Waals surface area contributed by atoms with Crippen LogP contribution in [0.5, 0.6) is 0 Å². The van der Waals surface area contributed by atoms with Gasteiger partial charge in [0, 0.05) is 5.38 Å². The van der Waals surface area contributed by atoms with E-state index in [0.717, 1.165) is 18.4 Å². The molecule has 1 fully saturated rings. The molecule has 1 saturated carbocycles. The molecule has 2 heterocycles. The first-order chi connectivity index (χ1) is 9.84. The molecule has 2 aromatic rings. The standard InChI is InChI=1S/C14H19N3O2S/c18-12(10-6-4-2-1-3-5-7-10)14-16-13(17-19-14)11-8-15-20-9-11/h8-10,12,18H,1-7H2. The van der Waals surface area contributed by atoms with E-state index in [-0.39, 0.29) is 5.92 Å². The molecule has 0 amide bonds. The van der Waals surface area contributed by atoms with E-state index in [0.29, 0.717) is 11.7 Å². The van der Waals surface area contributed by atoms with Gasteiger partial charge in [0.05, 0.1) is 11.8 Å². The van der Waals surface area contributed by atoms with Crippen molar-refractivity contribution in [3.8, 4) is 11.4 Å². The van der Waals surface area contributed by atoms with E-state index in [1.807, 2.05) is 5.38 Å². The van der Waals surface area contributed by atoms with Crippen molar-refractivity contribution in [1.82, 2.24) is 14.5 Å². The first-order valence-electron chi connectivity index (χ1n) is 7.26. The quantitative estimate of drug-likeness (QED) is 0.936. The summed E-state index contributed by atoms with van der Waals surface area (Å²) in [4.78, 5) is 4.32. The summed E-state index contributed by atoms with van der Waals surface area (Å²) < 4.78 is 9.26. The van der Waals surface area contributed by atoms with Gasteiger partial charge in [-0.15, -0.1) is 0 Å². The molecule has 1 aliphatic rings. The molecule has 0 radical (unpaired) electrons. The lowest BCUT2D eigenvalue weighted by Gasteiger charge is -2.22. The van der Waals surface area contributed by atoms with Crippen molar-refractivity contribution in [2.24, 2.45) is 5.92 Å². The molecule has 1 aliphatic carbocycles. The average molecular weight is 293 g/mol. The van der Waals surface area contributed by atoms with E-state index >= 15 is 0 Å². The van der Waals surface area contributed by atoms with E-state index in [1.54, 1.807) is 6.20 Å². The van der Waals surface area contributed by atoms with Gasteiger partial charge in [-0.2, -0.15) is 4.98 Å².